The van der Waals surface area contributed by atoms with E-state index < -0.39 is 11.6 Å². The topological polar surface area (TPSA) is 26.3 Å². The number of terminal acetylenes is 1. The van der Waals surface area contributed by atoms with Crippen LogP contribution in [0.5, 0.6) is 0 Å². The minimum absolute atomic E-state index is 0.356. The van der Waals surface area contributed by atoms with Crippen molar-refractivity contribution < 1.29 is 13.9 Å². The van der Waals surface area contributed by atoms with Crippen LogP contribution < -0.4 is 0 Å². The zero-order chi connectivity index (χ0) is 16.3. The van der Waals surface area contributed by atoms with Crippen LogP contribution in [0.4, 0.5) is 4.39 Å². The van der Waals surface area contributed by atoms with Crippen LogP contribution in [0.25, 0.3) is 11.1 Å². The summed E-state index contributed by atoms with van der Waals surface area (Å²) in [6, 6.07) is 11.0. The smallest absolute Gasteiger partial charge is 0.338 e. The fraction of sp³-hybridized carbons (Fsp3) is 0.211. The first-order valence-electron chi connectivity index (χ1n) is 6.90. The van der Waals surface area contributed by atoms with E-state index in [2.05, 4.69) is 5.92 Å². The van der Waals surface area contributed by atoms with E-state index >= 15 is 0 Å². The molecule has 0 fully saturated rings. The number of esters is 1. The van der Waals surface area contributed by atoms with E-state index in [0.29, 0.717) is 16.7 Å². The maximum atomic E-state index is 13.4. The van der Waals surface area contributed by atoms with Crippen molar-refractivity contribution in [3.63, 3.8) is 0 Å². The molecule has 0 aliphatic heterocycles. The highest BCUT2D eigenvalue weighted by Gasteiger charge is 2.17. The van der Waals surface area contributed by atoms with E-state index in [9.17, 15) is 9.18 Å². The van der Waals surface area contributed by atoms with Crippen molar-refractivity contribution in [1.29, 1.82) is 0 Å². The molecular formula is C19H17FO2. The highest BCUT2D eigenvalue weighted by molar-refractivity contribution is 5.90. The second-order valence-electron chi connectivity index (χ2n) is 5.91. The summed E-state index contributed by atoms with van der Waals surface area (Å²) < 4.78 is 18.7. The Kier molecular flexibility index (Phi) is 4.32. The summed E-state index contributed by atoms with van der Waals surface area (Å²) in [6.07, 6.45) is 5.44. The third-order valence-corrected chi connectivity index (χ3v) is 2.97. The van der Waals surface area contributed by atoms with Gasteiger partial charge in [-0.25, -0.2) is 9.18 Å². The Labute approximate surface area is 129 Å². The molecule has 22 heavy (non-hydrogen) atoms. The summed E-state index contributed by atoms with van der Waals surface area (Å²) in [5, 5.41) is 0. The number of carbonyl (C=O) groups excluding carboxylic acids is 1. The summed E-state index contributed by atoms with van der Waals surface area (Å²) in [5.74, 6) is 1.78. The van der Waals surface area contributed by atoms with Crippen LogP contribution in [-0.4, -0.2) is 11.6 Å². The van der Waals surface area contributed by atoms with E-state index in [1.165, 1.54) is 12.1 Å². The molecule has 0 aromatic heterocycles. The van der Waals surface area contributed by atoms with Crippen molar-refractivity contribution in [3.8, 4) is 23.5 Å². The summed E-state index contributed by atoms with van der Waals surface area (Å²) in [5.41, 5.74) is 1.87. The molecule has 0 aliphatic rings. The van der Waals surface area contributed by atoms with Gasteiger partial charge in [-0.15, -0.1) is 6.42 Å². The average molecular weight is 296 g/mol. The molecule has 0 bridgehead atoms. The number of hydrogen-bond donors (Lipinski definition) is 0. The second kappa shape index (κ2) is 6.03. The van der Waals surface area contributed by atoms with Gasteiger partial charge in [-0.3, -0.25) is 0 Å². The van der Waals surface area contributed by atoms with Gasteiger partial charge in [-0.2, -0.15) is 0 Å². The van der Waals surface area contributed by atoms with Crippen LogP contribution in [-0.2, 0) is 4.74 Å². The Balaban J connectivity index is 2.32. The molecule has 0 aliphatic carbocycles. The van der Waals surface area contributed by atoms with Crippen molar-refractivity contribution in [3.05, 3.63) is 59.4 Å². The summed E-state index contributed by atoms with van der Waals surface area (Å²) in [6.45, 7) is 5.43. The normalized spacial score (nSPS) is 10.9. The summed E-state index contributed by atoms with van der Waals surface area (Å²) in [4.78, 5) is 12.0. The maximum Gasteiger partial charge on any atom is 0.338 e. The van der Waals surface area contributed by atoms with Crippen molar-refractivity contribution in [1.82, 2.24) is 0 Å². The summed E-state index contributed by atoms with van der Waals surface area (Å²) in [7, 11) is 0. The van der Waals surface area contributed by atoms with Crippen LogP contribution in [0.2, 0.25) is 0 Å². The predicted molar refractivity (Wildman–Crippen MR) is 84.9 cm³/mol. The molecule has 0 atom stereocenters. The van der Waals surface area contributed by atoms with Crippen molar-refractivity contribution >= 4 is 5.97 Å². The Morgan fingerprint density at radius 3 is 2.32 bits per heavy atom. The lowest BCUT2D eigenvalue weighted by Gasteiger charge is -2.19. The quantitative estimate of drug-likeness (QED) is 0.605. The van der Waals surface area contributed by atoms with Gasteiger partial charge in [0.25, 0.3) is 0 Å². The number of hydrogen-bond acceptors (Lipinski definition) is 2. The molecule has 0 N–H and O–H groups in total. The van der Waals surface area contributed by atoms with Gasteiger partial charge in [0.05, 0.1) is 5.56 Å². The van der Waals surface area contributed by atoms with Gasteiger partial charge < -0.3 is 4.74 Å². The largest absolute Gasteiger partial charge is 0.456 e. The molecule has 0 saturated carbocycles. The van der Waals surface area contributed by atoms with E-state index in [1.807, 2.05) is 20.8 Å². The Hall–Kier alpha value is -2.60. The first-order valence-corrected chi connectivity index (χ1v) is 6.90. The fourth-order valence-electron chi connectivity index (χ4n) is 2.00. The van der Waals surface area contributed by atoms with Gasteiger partial charge in [0.15, 0.2) is 0 Å². The molecular weight excluding hydrogens is 279 g/mol. The Morgan fingerprint density at radius 1 is 1.14 bits per heavy atom. The lowest BCUT2D eigenvalue weighted by molar-refractivity contribution is 0.00696. The molecule has 2 rings (SSSR count). The van der Waals surface area contributed by atoms with Gasteiger partial charge in [0.2, 0.25) is 0 Å². The number of rotatable bonds is 2. The zero-order valence-corrected chi connectivity index (χ0v) is 12.8. The number of ether oxygens (including phenoxy) is 1. The Morgan fingerprint density at radius 2 is 1.77 bits per heavy atom. The highest BCUT2D eigenvalue weighted by atomic mass is 19.1. The molecule has 0 amide bonds. The molecule has 2 aromatic rings. The number of benzene rings is 2. The number of carbonyl (C=O) groups is 1. The second-order valence-corrected chi connectivity index (χ2v) is 5.91. The van der Waals surface area contributed by atoms with Crippen LogP contribution in [0, 0.1) is 18.2 Å². The molecule has 0 unspecified atom stereocenters. The van der Waals surface area contributed by atoms with E-state index in [4.69, 9.17) is 11.2 Å². The van der Waals surface area contributed by atoms with E-state index in [0.717, 1.165) is 5.56 Å². The third-order valence-electron chi connectivity index (χ3n) is 2.97. The average Bonchev–Trinajstić information content (AvgIpc) is 2.45. The predicted octanol–water partition coefficient (Wildman–Crippen LogP) is 4.43. The van der Waals surface area contributed by atoms with Gasteiger partial charge in [-0.1, -0.05) is 18.1 Å². The monoisotopic (exact) mass is 296 g/mol. The van der Waals surface area contributed by atoms with Crippen molar-refractivity contribution in [2.45, 2.75) is 26.4 Å². The molecule has 2 aromatic carbocycles. The maximum absolute atomic E-state index is 13.4. The molecule has 2 nitrogen and oxygen atoms in total. The Bertz CT molecular complexity index is 732. The van der Waals surface area contributed by atoms with Crippen LogP contribution in [0.1, 0.15) is 36.7 Å². The van der Waals surface area contributed by atoms with Crippen molar-refractivity contribution in [2.24, 2.45) is 0 Å². The lowest BCUT2D eigenvalue weighted by atomic mass is 9.99. The van der Waals surface area contributed by atoms with Gasteiger partial charge in [0, 0.05) is 11.1 Å². The molecule has 0 heterocycles. The van der Waals surface area contributed by atoms with Crippen LogP contribution in [0.15, 0.2) is 42.5 Å². The minimum Gasteiger partial charge on any atom is -0.456 e. The number of halogens is 1. The minimum atomic E-state index is -0.547. The molecule has 112 valence electrons. The van der Waals surface area contributed by atoms with Gasteiger partial charge in [-0.05, 0) is 56.7 Å². The van der Waals surface area contributed by atoms with Crippen molar-refractivity contribution in [2.75, 3.05) is 0 Å². The van der Waals surface area contributed by atoms with Crippen LogP contribution in [0.3, 0.4) is 0 Å². The first kappa shape index (κ1) is 15.8. The van der Waals surface area contributed by atoms with Gasteiger partial charge in [0.1, 0.15) is 11.4 Å². The molecule has 0 spiro atoms. The zero-order valence-electron chi connectivity index (χ0n) is 12.8. The van der Waals surface area contributed by atoms with E-state index in [-0.39, 0.29) is 5.82 Å². The van der Waals surface area contributed by atoms with Gasteiger partial charge >= 0.3 is 5.97 Å². The third kappa shape index (κ3) is 3.73. The standard InChI is InChI=1S/C19H17FO2/c1-5-13-10-11-16(20)12-17(13)14-6-8-15(9-7-14)18(21)22-19(2,3)4/h1,6-12H,2-4H3. The SMILES string of the molecule is C#Cc1ccc(F)cc1-c1ccc(C(=O)OC(C)(C)C)cc1. The molecule has 0 saturated heterocycles. The lowest BCUT2D eigenvalue weighted by Crippen LogP contribution is -2.23. The highest BCUT2D eigenvalue weighted by Crippen LogP contribution is 2.25. The fourth-order valence-corrected chi connectivity index (χ4v) is 2.00. The van der Waals surface area contributed by atoms with E-state index in [1.54, 1.807) is 30.3 Å². The summed E-state index contributed by atoms with van der Waals surface area (Å²) >= 11 is 0. The van der Waals surface area contributed by atoms with Crippen LogP contribution >= 0.6 is 0 Å². The molecule has 3 heteroatoms. The molecule has 0 radical (unpaired) electrons. The first-order chi connectivity index (χ1) is 10.3.